The standard InChI is InChI=1S/C16H11ClF2N2/c1-8-6-9(2)13-12(7-8)20-16(21-15(13)17)10-4-3-5-11(18)14(10)19/h3-7H,1-2H3. The zero-order valence-corrected chi connectivity index (χ0v) is 12.2. The first-order valence-electron chi connectivity index (χ1n) is 6.36. The van der Waals surface area contributed by atoms with Gasteiger partial charge in [0.2, 0.25) is 0 Å². The lowest BCUT2D eigenvalue weighted by Gasteiger charge is -2.09. The molecule has 2 nitrogen and oxygen atoms in total. The minimum atomic E-state index is -0.975. The van der Waals surface area contributed by atoms with Crippen LogP contribution in [0.4, 0.5) is 8.78 Å². The second-order valence-corrected chi connectivity index (χ2v) is 5.27. The van der Waals surface area contributed by atoms with Crippen LogP contribution in [0, 0.1) is 25.5 Å². The second-order valence-electron chi connectivity index (χ2n) is 4.92. The Morgan fingerprint density at radius 1 is 1.05 bits per heavy atom. The molecule has 0 N–H and O–H groups in total. The molecule has 1 heterocycles. The molecule has 0 aliphatic rings. The lowest BCUT2D eigenvalue weighted by molar-refractivity contribution is 0.510. The Labute approximate surface area is 125 Å². The fourth-order valence-corrected chi connectivity index (χ4v) is 2.71. The number of hydrogen-bond donors (Lipinski definition) is 0. The van der Waals surface area contributed by atoms with E-state index in [0.717, 1.165) is 22.6 Å². The molecule has 0 atom stereocenters. The molecule has 3 aromatic rings. The van der Waals surface area contributed by atoms with Gasteiger partial charge in [0.05, 0.1) is 11.1 Å². The van der Waals surface area contributed by atoms with Crippen LogP contribution in [-0.2, 0) is 0 Å². The van der Waals surface area contributed by atoms with E-state index >= 15 is 0 Å². The van der Waals surface area contributed by atoms with E-state index in [9.17, 15) is 8.78 Å². The van der Waals surface area contributed by atoms with Gasteiger partial charge in [0.15, 0.2) is 17.5 Å². The van der Waals surface area contributed by atoms with Crippen molar-refractivity contribution in [1.29, 1.82) is 0 Å². The highest BCUT2D eigenvalue weighted by atomic mass is 35.5. The molecule has 0 bridgehead atoms. The van der Waals surface area contributed by atoms with Crippen molar-refractivity contribution in [2.75, 3.05) is 0 Å². The van der Waals surface area contributed by atoms with E-state index in [1.807, 2.05) is 26.0 Å². The number of fused-ring (bicyclic) bond motifs is 1. The normalized spacial score (nSPS) is 11.1. The molecule has 0 fully saturated rings. The molecule has 0 amide bonds. The Hall–Kier alpha value is -2.07. The molecular weight excluding hydrogens is 294 g/mol. The molecule has 0 saturated heterocycles. The molecule has 5 heteroatoms. The Morgan fingerprint density at radius 2 is 1.81 bits per heavy atom. The summed E-state index contributed by atoms with van der Waals surface area (Å²) in [5.41, 5.74) is 2.57. The van der Waals surface area contributed by atoms with Crippen molar-refractivity contribution >= 4 is 22.5 Å². The first-order valence-corrected chi connectivity index (χ1v) is 6.74. The summed E-state index contributed by atoms with van der Waals surface area (Å²) in [5, 5.41) is 0.957. The predicted octanol–water partition coefficient (Wildman–Crippen LogP) is 4.85. The van der Waals surface area contributed by atoms with Crippen LogP contribution in [0.1, 0.15) is 11.1 Å². The Bertz CT molecular complexity index is 863. The van der Waals surface area contributed by atoms with Gasteiger partial charge in [0, 0.05) is 5.39 Å². The van der Waals surface area contributed by atoms with E-state index < -0.39 is 11.6 Å². The summed E-state index contributed by atoms with van der Waals surface area (Å²) < 4.78 is 27.2. The van der Waals surface area contributed by atoms with Gasteiger partial charge >= 0.3 is 0 Å². The van der Waals surface area contributed by atoms with Gasteiger partial charge in [0.1, 0.15) is 5.15 Å². The van der Waals surface area contributed by atoms with E-state index in [-0.39, 0.29) is 16.5 Å². The Balaban J connectivity index is 2.33. The molecular formula is C16H11ClF2N2. The zero-order valence-electron chi connectivity index (χ0n) is 11.4. The number of nitrogens with zero attached hydrogens (tertiary/aromatic N) is 2. The second kappa shape index (κ2) is 5.04. The van der Waals surface area contributed by atoms with Crippen LogP contribution in [0.5, 0.6) is 0 Å². The van der Waals surface area contributed by atoms with Crippen molar-refractivity contribution in [3.8, 4) is 11.4 Å². The quantitative estimate of drug-likeness (QED) is 0.601. The van der Waals surface area contributed by atoms with Gasteiger partial charge < -0.3 is 0 Å². The highest BCUT2D eigenvalue weighted by Gasteiger charge is 2.15. The average Bonchev–Trinajstić information content (AvgIpc) is 2.40. The smallest absolute Gasteiger partial charge is 0.169 e. The molecule has 21 heavy (non-hydrogen) atoms. The summed E-state index contributed by atoms with van der Waals surface area (Å²) in [7, 11) is 0. The summed E-state index contributed by atoms with van der Waals surface area (Å²) in [6.45, 7) is 3.85. The molecule has 0 spiro atoms. The molecule has 106 valence electrons. The van der Waals surface area contributed by atoms with Crippen LogP contribution in [0.25, 0.3) is 22.3 Å². The summed E-state index contributed by atoms with van der Waals surface area (Å²) in [6.07, 6.45) is 0. The van der Waals surface area contributed by atoms with Crippen LogP contribution in [0.2, 0.25) is 5.15 Å². The SMILES string of the molecule is Cc1cc(C)c2c(Cl)nc(-c3cccc(F)c3F)nc2c1. The molecule has 1 aromatic heterocycles. The van der Waals surface area contributed by atoms with E-state index in [0.29, 0.717) is 5.52 Å². The largest absolute Gasteiger partial charge is 0.228 e. The highest BCUT2D eigenvalue weighted by molar-refractivity contribution is 6.34. The number of benzene rings is 2. The van der Waals surface area contributed by atoms with E-state index in [4.69, 9.17) is 11.6 Å². The van der Waals surface area contributed by atoms with Crippen LogP contribution >= 0.6 is 11.6 Å². The Morgan fingerprint density at radius 3 is 2.57 bits per heavy atom. The molecule has 0 aliphatic carbocycles. The number of hydrogen-bond acceptors (Lipinski definition) is 2. The summed E-state index contributed by atoms with van der Waals surface area (Å²) in [4.78, 5) is 8.44. The summed E-state index contributed by atoms with van der Waals surface area (Å²) >= 11 is 6.19. The van der Waals surface area contributed by atoms with E-state index in [1.54, 1.807) is 0 Å². The monoisotopic (exact) mass is 304 g/mol. The van der Waals surface area contributed by atoms with Gasteiger partial charge in [-0.3, -0.25) is 0 Å². The van der Waals surface area contributed by atoms with Crippen molar-refractivity contribution in [3.63, 3.8) is 0 Å². The van der Waals surface area contributed by atoms with Crippen LogP contribution in [0.3, 0.4) is 0 Å². The first kappa shape index (κ1) is 13.9. The van der Waals surface area contributed by atoms with E-state index in [1.165, 1.54) is 12.1 Å². The lowest BCUT2D eigenvalue weighted by Crippen LogP contribution is -1.97. The summed E-state index contributed by atoms with van der Waals surface area (Å²) in [5.74, 6) is -1.83. The van der Waals surface area contributed by atoms with Crippen LogP contribution in [0.15, 0.2) is 30.3 Å². The molecule has 2 aromatic carbocycles. The fraction of sp³-hybridized carbons (Fsp3) is 0.125. The van der Waals surface area contributed by atoms with Gasteiger partial charge in [0.25, 0.3) is 0 Å². The highest BCUT2D eigenvalue weighted by Crippen LogP contribution is 2.29. The van der Waals surface area contributed by atoms with Crippen molar-refractivity contribution in [1.82, 2.24) is 9.97 Å². The molecule has 0 unspecified atom stereocenters. The fourth-order valence-electron chi connectivity index (χ4n) is 2.39. The summed E-state index contributed by atoms with van der Waals surface area (Å²) in [6, 6.07) is 7.71. The number of aryl methyl sites for hydroxylation is 2. The third kappa shape index (κ3) is 2.36. The molecule has 0 saturated carbocycles. The minimum Gasteiger partial charge on any atom is -0.228 e. The topological polar surface area (TPSA) is 25.8 Å². The zero-order chi connectivity index (χ0) is 15.1. The third-order valence-corrected chi connectivity index (χ3v) is 3.56. The van der Waals surface area contributed by atoms with Gasteiger partial charge in [-0.05, 0) is 43.2 Å². The van der Waals surface area contributed by atoms with Gasteiger partial charge in [-0.2, -0.15) is 0 Å². The third-order valence-electron chi connectivity index (χ3n) is 3.29. The minimum absolute atomic E-state index is 0.00189. The maximum Gasteiger partial charge on any atom is 0.169 e. The maximum atomic E-state index is 13.9. The molecule has 3 rings (SSSR count). The first-order chi connectivity index (χ1) is 9.97. The number of rotatable bonds is 1. The van der Waals surface area contributed by atoms with Crippen molar-refractivity contribution in [2.24, 2.45) is 0 Å². The molecule has 0 radical (unpaired) electrons. The van der Waals surface area contributed by atoms with Gasteiger partial charge in [-0.25, -0.2) is 18.7 Å². The van der Waals surface area contributed by atoms with Gasteiger partial charge in [-0.1, -0.05) is 23.7 Å². The lowest BCUT2D eigenvalue weighted by atomic mass is 10.1. The van der Waals surface area contributed by atoms with E-state index in [2.05, 4.69) is 9.97 Å². The van der Waals surface area contributed by atoms with Crippen molar-refractivity contribution in [3.05, 3.63) is 58.2 Å². The predicted molar refractivity (Wildman–Crippen MR) is 79.4 cm³/mol. The van der Waals surface area contributed by atoms with Crippen LogP contribution < -0.4 is 0 Å². The number of halogens is 3. The Kier molecular flexibility index (Phi) is 3.33. The maximum absolute atomic E-state index is 13.9. The average molecular weight is 305 g/mol. The van der Waals surface area contributed by atoms with Crippen molar-refractivity contribution < 1.29 is 8.78 Å². The number of aromatic nitrogens is 2. The molecule has 0 aliphatic heterocycles. The van der Waals surface area contributed by atoms with Crippen LogP contribution in [-0.4, -0.2) is 9.97 Å². The van der Waals surface area contributed by atoms with Crippen molar-refractivity contribution in [2.45, 2.75) is 13.8 Å². The van der Waals surface area contributed by atoms with Gasteiger partial charge in [-0.15, -0.1) is 0 Å².